The zero-order valence-corrected chi connectivity index (χ0v) is 14.6. The summed E-state index contributed by atoms with van der Waals surface area (Å²) in [5.41, 5.74) is 0.729. The molecule has 1 aromatic carbocycles. The van der Waals surface area contributed by atoms with Crippen LogP contribution in [0, 0.1) is 12.8 Å². The lowest BCUT2D eigenvalue weighted by atomic mass is 9.84. The fourth-order valence-corrected chi connectivity index (χ4v) is 2.60. The minimum absolute atomic E-state index is 0.0441. The first-order valence-electron chi connectivity index (χ1n) is 7.39. The standard InChI is InChI=1S/C17H24ClNO3/c1-6-12(3)17(4,16(21)22-5)19-15(20)10-13-8-7-11(2)9-14(13)18/h7-9,12H,6,10H2,1-5H3,(H,19,20). The van der Waals surface area contributed by atoms with Gasteiger partial charge in [-0.05, 0) is 37.0 Å². The summed E-state index contributed by atoms with van der Waals surface area (Å²) in [5.74, 6) is -0.735. The van der Waals surface area contributed by atoms with E-state index >= 15 is 0 Å². The minimum Gasteiger partial charge on any atom is -0.467 e. The number of esters is 1. The fourth-order valence-electron chi connectivity index (χ4n) is 2.30. The largest absolute Gasteiger partial charge is 0.467 e. The Hall–Kier alpha value is -1.55. The van der Waals surface area contributed by atoms with Crippen molar-refractivity contribution < 1.29 is 14.3 Å². The molecule has 0 aliphatic carbocycles. The van der Waals surface area contributed by atoms with Crippen molar-refractivity contribution in [2.45, 2.75) is 46.1 Å². The number of methoxy groups -OCH3 is 1. The van der Waals surface area contributed by atoms with Crippen LogP contribution in [0.5, 0.6) is 0 Å². The van der Waals surface area contributed by atoms with Crippen LogP contribution in [-0.2, 0) is 20.7 Å². The summed E-state index contributed by atoms with van der Waals surface area (Å²) < 4.78 is 4.85. The van der Waals surface area contributed by atoms with Gasteiger partial charge in [0.25, 0.3) is 0 Å². The Kier molecular flexibility index (Phi) is 6.42. The average Bonchev–Trinajstić information content (AvgIpc) is 2.48. The number of amides is 1. The van der Waals surface area contributed by atoms with E-state index in [1.165, 1.54) is 7.11 Å². The van der Waals surface area contributed by atoms with Crippen LogP contribution in [0.1, 0.15) is 38.3 Å². The number of carbonyl (C=O) groups is 2. The highest BCUT2D eigenvalue weighted by Gasteiger charge is 2.40. The molecule has 1 amide bonds. The predicted molar refractivity (Wildman–Crippen MR) is 87.9 cm³/mol. The SMILES string of the molecule is CCC(C)C(C)(NC(=O)Cc1ccc(C)cc1Cl)C(=O)OC. The summed E-state index contributed by atoms with van der Waals surface area (Å²) >= 11 is 6.15. The van der Waals surface area contributed by atoms with Crippen LogP contribution < -0.4 is 5.32 Å². The maximum absolute atomic E-state index is 12.3. The quantitative estimate of drug-likeness (QED) is 0.817. The van der Waals surface area contributed by atoms with Crippen LogP contribution in [0.25, 0.3) is 0 Å². The zero-order chi connectivity index (χ0) is 16.9. The number of hydrogen-bond acceptors (Lipinski definition) is 3. The summed E-state index contributed by atoms with van der Waals surface area (Å²) in [5, 5.41) is 3.37. The van der Waals surface area contributed by atoms with E-state index in [0.29, 0.717) is 5.02 Å². The number of nitrogens with one attached hydrogen (secondary N) is 1. The molecular weight excluding hydrogens is 302 g/mol. The van der Waals surface area contributed by atoms with Gasteiger partial charge in [0.05, 0.1) is 13.5 Å². The zero-order valence-electron chi connectivity index (χ0n) is 13.8. The highest BCUT2D eigenvalue weighted by atomic mass is 35.5. The summed E-state index contributed by atoms with van der Waals surface area (Å²) in [4.78, 5) is 24.4. The van der Waals surface area contributed by atoms with E-state index in [4.69, 9.17) is 16.3 Å². The van der Waals surface area contributed by atoms with Gasteiger partial charge in [0.15, 0.2) is 0 Å². The first-order chi connectivity index (χ1) is 10.2. The molecule has 1 rings (SSSR count). The molecule has 0 saturated carbocycles. The average molecular weight is 326 g/mol. The van der Waals surface area contributed by atoms with Crippen molar-refractivity contribution >= 4 is 23.5 Å². The number of carbonyl (C=O) groups excluding carboxylic acids is 2. The molecule has 0 bridgehead atoms. The lowest BCUT2D eigenvalue weighted by Gasteiger charge is -2.33. The highest BCUT2D eigenvalue weighted by Crippen LogP contribution is 2.23. The van der Waals surface area contributed by atoms with Crippen LogP contribution in [0.4, 0.5) is 0 Å². The summed E-state index contributed by atoms with van der Waals surface area (Å²) in [7, 11) is 1.33. The van der Waals surface area contributed by atoms with E-state index < -0.39 is 11.5 Å². The van der Waals surface area contributed by atoms with E-state index in [1.54, 1.807) is 6.92 Å². The second-order valence-corrected chi connectivity index (χ2v) is 6.23. The van der Waals surface area contributed by atoms with Gasteiger partial charge in [-0.25, -0.2) is 4.79 Å². The molecule has 122 valence electrons. The van der Waals surface area contributed by atoms with Gasteiger partial charge in [-0.15, -0.1) is 0 Å². The number of ether oxygens (including phenoxy) is 1. The van der Waals surface area contributed by atoms with Crippen LogP contribution in [0.15, 0.2) is 18.2 Å². The molecule has 0 aliphatic heterocycles. The molecule has 0 aromatic heterocycles. The molecule has 1 N–H and O–H groups in total. The van der Waals surface area contributed by atoms with Gasteiger partial charge in [0.2, 0.25) is 5.91 Å². The summed E-state index contributed by atoms with van der Waals surface area (Å²) in [6.07, 6.45) is 0.874. The molecule has 0 radical (unpaired) electrons. The molecule has 4 nitrogen and oxygen atoms in total. The lowest BCUT2D eigenvalue weighted by molar-refractivity contribution is -0.152. The number of hydrogen-bond donors (Lipinski definition) is 1. The molecule has 22 heavy (non-hydrogen) atoms. The van der Waals surface area contributed by atoms with Gasteiger partial charge in [0.1, 0.15) is 5.54 Å². The summed E-state index contributed by atoms with van der Waals surface area (Å²) in [6.45, 7) is 7.51. The molecule has 0 heterocycles. The van der Waals surface area contributed by atoms with Crippen molar-refractivity contribution in [1.29, 1.82) is 0 Å². The van der Waals surface area contributed by atoms with Crippen molar-refractivity contribution in [3.05, 3.63) is 34.3 Å². The third-order valence-electron chi connectivity index (χ3n) is 4.17. The number of benzene rings is 1. The normalized spacial score (nSPS) is 14.8. The Morgan fingerprint density at radius 2 is 2.05 bits per heavy atom. The van der Waals surface area contributed by atoms with Gasteiger partial charge in [-0.3, -0.25) is 4.79 Å². The molecule has 0 fully saturated rings. The van der Waals surface area contributed by atoms with E-state index in [2.05, 4.69) is 5.32 Å². The highest BCUT2D eigenvalue weighted by molar-refractivity contribution is 6.31. The van der Waals surface area contributed by atoms with Crippen molar-refractivity contribution in [2.24, 2.45) is 5.92 Å². The van der Waals surface area contributed by atoms with E-state index in [-0.39, 0.29) is 18.2 Å². The van der Waals surface area contributed by atoms with Crippen LogP contribution in [0.2, 0.25) is 5.02 Å². The number of halogens is 1. The third-order valence-corrected chi connectivity index (χ3v) is 4.52. The smallest absolute Gasteiger partial charge is 0.331 e. The van der Waals surface area contributed by atoms with Crippen molar-refractivity contribution in [3.63, 3.8) is 0 Å². The topological polar surface area (TPSA) is 55.4 Å². The van der Waals surface area contributed by atoms with Gasteiger partial charge in [-0.2, -0.15) is 0 Å². The second-order valence-electron chi connectivity index (χ2n) is 5.82. The number of aryl methyl sites for hydroxylation is 1. The second kappa shape index (κ2) is 7.63. The Balaban J connectivity index is 2.90. The maximum Gasteiger partial charge on any atom is 0.331 e. The predicted octanol–water partition coefficient (Wildman–Crippen LogP) is 3.28. The maximum atomic E-state index is 12.3. The monoisotopic (exact) mass is 325 g/mol. The van der Waals surface area contributed by atoms with Gasteiger partial charge < -0.3 is 10.1 Å². The van der Waals surface area contributed by atoms with E-state index in [9.17, 15) is 9.59 Å². The van der Waals surface area contributed by atoms with Gasteiger partial charge in [-0.1, -0.05) is 44.0 Å². The van der Waals surface area contributed by atoms with Crippen molar-refractivity contribution in [3.8, 4) is 0 Å². The van der Waals surface area contributed by atoms with Crippen molar-refractivity contribution in [1.82, 2.24) is 5.32 Å². The molecule has 1 aromatic rings. The van der Waals surface area contributed by atoms with Gasteiger partial charge >= 0.3 is 5.97 Å². The molecule has 5 heteroatoms. The van der Waals surface area contributed by atoms with E-state index in [0.717, 1.165) is 17.5 Å². The summed E-state index contributed by atoms with van der Waals surface area (Å²) in [6, 6.07) is 5.55. The Morgan fingerprint density at radius 1 is 1.41 bits per heavy atom. The first-order valence-corrected chi connectivity index (χ1v) is 7.76. The lowest BCUT2D eigenvalue weighted by Crippen LogP contribution is -2.57. The van der Waals surface area contributed by atoms with Gasteiger partial charge in [0, 0.05) is 5.02 Å². The van der Waals surface area contributed by atoms with E-state index in [1.807, 2.05) is 39.0 Å². The molecular formula is C17H24ClNO3. The molecule has 0 aliphatic rings. The molecule has 2 atom stereocenters. The number of rotatable bonds is 6. The fraction of sp³-hybridized carbons (Fsp3) is 0.529. The molecule has 0 spiro atoms. The minimum atomic E-state index is -1.04. The third kappa shape index (κ3) is 4.23. The molecule has 0 saturated heterocycles. The first kappa shape index (κ1) is 18.5. The molecule has 2 unspecified atom stereocenters. The Labute approximate surface area is 137 Å². The van der Waals surface area contributed by atoms with Crippen molar-refractivity contribution in [2.75, 3.05) is 7.11 Å². The Bertz CT molecular complexity index is 559. The van der Waals surface area contributed by atoms with Crippen LogP contribution in [-0.4, -0.2) is 24.5 Å². The Morgan fingerprint density at radius 3 is 2.55 bits per heavy atom. The van der Waals surface area contributed by atoms with Crippen LogP contribution in [0.3, 0.4) is 0 Å². The van der Waals surface area contributed by atoms with Crippen LogP contribution >= 0.6 is 11.6 Å².